The largest absolute Gasteiger partial charge is 0.376 e. The standard InChI is InChI=1S/C11H16N2O3S/c1-8-5-4-6-10(11(8)13(14)15)12-9(2)7-17(3)16/h4-6,9,12H,7H2,1-3H3. The topological polar surface area (TPSA) is 72.2 Å². The Morgan fingerprint density at radius 2 is 2.18 bits per heavy atom. The molecule has 94 valence electrons. The lowest BCUT2D eigenvalue weighted by Crippen LogP contribution is -2.22. The first kappa shape index (κ1) is 13.6. The number of nitro benzene ring substituents is 1. The zero-order valence-corrected chi connectivity index (χ0v) is 10.9. The number of hydrogen-bond acceptors (Lipinski definition) is 4. The molecule has 5 nitrogen and oxygen atoms in total. The molecule has 0 saturated carbocycles. The summed E-state index contributed by atoms with van der Waals surface area (Å²) in [6.07, 6.45) is 1.61. The first-order valence-electron chi connectivity index (χ1n) is 5.22. The van der Waals surface area contributed by atoms with Crippen LogP contribution < -0.4 is 5.32 Å². The molecule has 1 N–H and O–H groups in total. The van der Waals surface area contributed by atoms with E-state index < -0.39 is 15.7 Å². The number of benzene rings is 1. The molecule has 0 heterocycles. The molecule has 1 aromatic rings. The fourth-order valence-corrected chi connectivity index (χ4v) is 2.46. The minimum Gasteiger partial charge on any atom is -0.376 e. The van der Waals surface area contributed by atoms with E-state index in [0.717, 1.165) is 0 Å². The van der Waals surface area contributed by atoms with Crippen LogP contribution in [0.2, 0.25) is 0 Å². The second kappa shape index (κ2) is 5.77. The van der Waals surface area contributed by atoms with Crippen molar-refractivity contribution in [1.82, 2.24) is 0 Å². The molecule has 6 heteroatoms. The van der Waals surface area contributed by atoms with Crippen molar-refractivity contribution in [2.75, 3.05) is 17.3 Å². The summed E-state index contributed by atoms with van der Waals surface area (Å²) in [5, 5.41) is 14.0. The van der Waals surface area contributed by atoms with Crippen LogP contribution in [0.15, 0.2) is 18.2 Å². The summed E-state index contributed by atoms with van der Waals surface area (Å²) in [6.45, 7) is 3.55. The Bertz CT molecular complexity index is 448. The summed E-state index contributed by atoms with van der Waals surface area (Å²) in [5.41, 5.74) is 1.18. The normalized spacial score (nSPS) is 14.1. The lowest BCUT2D eigenvalue weighted by molar-refractivity contribution is -0.384. The maximum Gasteiger partial charge on any atom is 0.295 e. The van der Waals surface area contributed by atoms with Gasteiger partial charge in [-0.2, -0.15) is 0 Å². The van der Waals surface area contributed by atoms with Crippen molar-refractivity contribution >= 4 is 22.2 Å². The van der Waals surface area contributed by atoms with Gasteiger partial charge in [-0.15, -0.1) is 0 Å². The molecule has 0 aliphatic carbocycles. The van der Waals surface area contributed by atoms with Crippen LogP contribution in [0.25, 0.3) is 0 Å². The van der Waals surface area contributed by atoms with E-state index in [2.05, 4.69) is 5.32 Å². The van der Waals surface area contributed by atoms with Gasteiger partial charge < -0.3 is 5.32 Å². The van der Waals surface area contributed by atoms with E-state index in [1.165, 1.54) is 0 Å². The molecular weight excluding hydrogens is 240 g/mol. The first-order valence-corrected chi connectivity index (χ1v) is 6.95. The minimum absolute atomic E-state index is 0.0682. The Labute approximate surface area is 103 Å². The number of hydrogen-bond donors (Lipinski definition) is 1. The van der Waals surface area contributed by atoms with Gasteiger partial charge in [-0.3, -0.25) is 14.3 Å². The maximum absolute atomic E-state index is 11.1. The average Bonchev–Trinajstić information content (AvgIpc) is 2.15. The van der Waals surface area contributed by atoms with Gasteiger partial charge in [0.15, 0.2) is 0 Å². The van der Waals surface area contributed by atoms with E-state index in [1.807, 2.05) is 6.92 Å². The van der Waals surface area contributed by atoms with Crippen LogP contribution in [0.3, 0.4) is 0 Å². The van der Waals surface area contributed by atoms with E-state index in [4.69, 9.17) is 0 Å². The van der Waals surface area contributed by atoms with Gasteiger partial charge in [-0.25, -0.2) is 0 Å². The fraction of sp³-hybridized carbons (Fsp3) is 0.455. The number of nitrogens with zero attached hydrogens (tertiary/aromatic N) is 1. The Kier molecular flexibility index (Phi) is 4.62. The van der Waals surface area contributed by atoms with E-state index in [9.17, 15) is 14.3 Å². The van der Waals surface area contributed by atoms with Gasteiger partial charge in [-0.05, 0) is 19.9 Å². The third kappa shape index (κ3) is 3.81. The summed E-state index contributed by atoms with van der Waals surface area (Å²) in [6, 6.07) is 5.06. The maximum atomic E-state index is 11.1. The van der Waals surface area contributed by atoms with Gasteiger partial charge in [0.1, 0.15) is 5.69 Å². The highest BCUT2D eigenvalue weighted by molar-refractivity contribution is 7.84. The summed E-state index contributed by atoms with van der Waals surface area (Å²) < 4.78 is 11.1. The monoisotopic (exact) mass is 256 g/mol. The quantitative estimate of drug-likeness (QED) is 0.646. The van der Waals surface area contributed by atoms with Crippen molar-refractivity contribution in [3.05, 3.63) is 33.9 Å². The lowest BCUT2D eigenvalue weighted by Gasteiger charge is -2.14. The first-order chi connectivity index (χ1) is 7.91. The highest BCUT2D eigenvalue weighted by atomic mass is 32.2. The number of nitro groups is 1. The Morgan fingerprint density at radius 1 is 1.53 bits per heavy atom. The van der Waals surface area contributed by atoms with Gasteiger partial charge in [0.2, 0.25) is 0 Å². The molecule has 0 saturated heterocycles. The highest BCUT2D eigenvalue weighted by Crippen LogP contribution is 2.28. The summed E-state index contributed by atoms with van der Waals surface area (Å²) in [7, 11) is -0.924. The van der Waals surface area contributed by atoms with Crippen LogP contribution in [0.4, 0.5) is 11.4 Å². The Hall–Kier alpha value is -1.43. The van der Waals surface area contributed by atoms with Crippen molar-refractivity contribution in [3.8, 4) is 0 Å². The molecule has 0 aliphatic rings. The SMILES string of the molecule is Cc1cccc(NC(C)CS(C)=O)c1[N+](=O)[O-]. The number of nitrogens with one attached hydrogen (secondary N) is 1. The second-order valence-corrected chi connectivity index (χ2v) is 5.49. The molecule has 0 amide bonds. The Morgan fingerprint density at radius 3 is 2.71 bits per heavy atom. The average molecular weight is 256 g/mol. The van der Waals surface area contributed by atoms with Gasteiger partial charge in [0.25, 0.3) is 5.69 Å². The molecule has 0 spiro atoms. The number of rotatable bonds is 5. The minimum atomic E-state index is -0.924. The van der Waals surface area contributed by atoms with Crippen molar-refractivity contribution < 1.29 is 9.13 Å². The third-order valence-corrected chi connectivity index (χ3v) is 3.28. The molecule has 0 aliphatic heterocycles. The van der Waals surface area contributed by atoms with Crippen molar-refractivity contribution in [2.24, 2.45) is 0 Å². The summed E-state index contributed by atoms with van der Waals surface area (Å²) >= 11 is 0. The number of para-hydroxylation sites is 1. The molecule has 0 bridgehead atoms. The predicted octanol–water partition coefficient (Wildman–Crippen LogP) is 2.08. The lowest BCUT2D eigenvalue weighted by atomic mass is 10.1. The molecule has 0 aromatic heterocycles. The van der Waals surface area contributed by atoms with Crippen molar-refractivity contribution in [1.29, 1.82) is 0 Å². The number of aryl methyl sites for hydroxylation is 1. The molecular formula is C11H16N2O3S. The summed E-state index contributed by atoms with van der Waals surface area (Å²) in [4.78, 5) is 10.6. The van der Waals surface area contributed by atoms with E-state index in [1.54, 1.807) is 31.4 Å². The van der Waals surface area contributed by atoms with E-state index in [0.29, 0.717) is 17.0 Å². The second-order valence-electron chi connectivity index (χ2n) is 4.01. The fourth-order valence-electron chi connectivity index (χ4n) is 1.68. The van der Waals surface area contributed by atoms with Crippen LogP contribution >= 0.6 is 0 Å². The molecule has 0 radical (unpaired) electrons. The van der Waals surface area contributed by atoms with Crippen LogP contribution in [-0.4, -0.2) is 27.2 Å². The van der Waals surface area contributed by atoms with Crippen LogP contribution in [0.5, 0.6) is 0 Å². The number of anilines is 1. The van der Waals surface area contributed by atoms with Gasteiger partial charge in [-0.1, -0.05) is 12.1 Å². The zero-order valence-electron chi connectivity index (χ0n) is 10.1. The smallest absolute Gasteiger partial charge is 0.295 e. The molecule has 2 atom stereocenters. The molecule has 2 unspecified atom stereocenters. The predicted molar refractivity (Wildman–Crippen MR) is 69.9 cm³/mol. The van der Waals surface area contributed by atoms with Crippen LogP contribution in [0.1, 0.15) is 12.5 Å². The van der Waals surface area contributed by atoms with Gasteiger partial charge >= 0.3 is 0 Å². The zero-order chi connectivity index (χ0) is 13.0. The molecule has 1 aromatic carbocycles. The third-order valence-electron chi connectivity index (χ3n) is 2.31. The van der Waals surface area contributed by atoms with E-state index in [-0.39, 0.29) is 11.7 Å². The Balaban J connectivity index is 2.94. The van der Waals surface area contributed by atoms with E-state index >= 15 is 0 Å². The van der Waals surface area contributed by atoms with Gasteiger partial charge in [0.05, 0.1) is 4.92 Å². The molecule has 1 rings (SSSR count). The van der Waals surface area contributed by atoms with Crippen LogP contribution in [0, 0.1) is 17.0 Å². The van der Waals surface area contributed by atoms with Crippen molar-refractivity contribution in [2.45, 2.75) is 19.9 Å². The van der Waals surface area contributed by atoms with Crippen molar-refractivity contribution in [3.63, 3.8) is 0 Å². The molecule has 0 fully saturated rings. The molecule has 17 heavy (non-hydrogen) atoms. The highest BCUT2D eigenvalue weighted by Gasteiger charge is 2.18. The van der Waals surface area contributed by atoms with Crippen LogP contribution in [-0.2, 0) is 10.8 Å². The van der Waals surface area contributed by atoms with Gasteiger partial charge in [0, 0.05) is 34.4 Å². The summed E-state index contributed by atoms with van der Waals surface area (Å²) in [5.74, 6) is 0.463.